The van der Waals surface area contributed by atoms with Gasteiger partial charge in [-0.3, -0.25) is 0 Å². The number of hydrogen-bond acceptors (Lipinski definition) is 8. The molecule has 0 aliphatic heterocycles. The van der Waals surface area contributed by atoms with Crippen LogP contribution in [0, 0.1) is 9.81 Å². The van der Waals surface area contributed by atoms with E-state index in [2.05, 4.69) is 10.6 Å². The van der Waals surface area contributed by atoms with Crippen LogP contribution in [0.5, 0.6) is 0 Å². The van der Waals surface area contributed by atoms with E-state index in [-0.39, 0.29) is 70.5 Å². The first-order valence-corrected chi connectivity index (χ1v) is 5.19. The molecule has 0 aromatic heterocycles. The summed E-state index contributed by atoms with van der Waals surface area (Å²) in [5.41, 5.74) is 0.263. The van der Waals surface area contributed by atoms with Crippen molar-refractivity contribution in [3.63, 3.8) is 0 Å². The van der Waals surface area contributed by atoms with Gasteiger partial charge in [0.25, 0.3) is 0 Å². The fourth-order valence-corrected chi connectivity index (χ4v) is 1.38. The first kappa shape index (κ1) is 23.2. The number of carboxylic acid groups (broad SMARTS) is 2. The Morgan fingerprint density at radius 3 is 1.27 bits per heavy atom. The van der Waals surface area contributed by atoms with Crippen LogP contribution in [0.2, 0.25) is 0 Å². The first-order chi connectivity index (χ1) is 9.47. The Kier molecular flexibility index (Phi) is 12.2. The molecule has 0 radical (unpaired) electrons. The van der Waals surface area contributed by atoms with E-state index in [0.29, 0.717) is 10.0 Å². The van der Waals surface area contributed by atoms with Crippen molar-refractivity contribution in [1.82, 2.24) is 0 Å². The van der Waals surface area contributed by atoms with E-state index in [1.54, 1.807) is 0 Å². The Balaban J connectivity index is 0. The summed E-state index contributed by atoms with van der Waals surface area (Å²) in [7, 11) is 0. The van der Waals surface area contributed by atoms with E-state index < -0.39 is 25.0 Å². The van der Waals surface area contributed by atoms with Gasteiger partial charge in [-0.15, -0.1) is 9.81 Å². The summed E-state index contributed by atoms with van der Waals surface area (Å²) in [5, 5.41) is 27.0. The molecule has 0 amide bonds. The summed E-state index contributed by atoms with van der Waals surface area (Å²) >= 11 is 0. The summed E-state index contributed by atoms with van der Waals surface area (Å²) in [6.07, 6.45) is 0. The van der Waals surface area contributed by atoms with Gasteiger partial charge in [-0.2, -0.15) is 0 Å². The number of nitrogens with zero attached hydrogens (tertiary/aromatic N) is 4. The van der Waals surface area contributed by atoms with E-state index in [9.17, 15) is 29.6 Å². The van der Waals surface area contributed by atoms with Crippen LogP contribution in [-0.4, -0.2) is 25.0 Å². The maximum Gasteiger partial charge on any atom is 1.00 e. The Morgan fingerprint density at radius 1 is 0.818 bits per heavy atom. The minimum atomic E-state index is -1.50. The number of carbonyl (C=O) groups excluding carboxylic acids is 2. The summed E-state index contributed by atoms with van der Waals surface area (Å²) in [6.45, 7) is -1.48. The van der Waals surface area contributed by atoms with Gasteiger partial charge in [0.1, 0.15) is 0 Å². The normalized spacial score (nSPS) is 8.73. The molecule has 0 saturated heterocycles. The van der Waals surface area contributed by atoms with Gasteiger partial charge < -0.3 is 19.8 Å². The third kappa shape index (κ3) is 7.29. The molecule has 10 nitrogen and oxygen atoms in total. The van der Waals surface area contributed by atoms with Crippen molar-refractivity contribution in [1.29, 1.82) is 0 Å². The number of nitroso groups, excluding NO2 is 2. The molecule has 0 bridgehead atoms. The van der Waals surface area contributed by atoms with Gasteiger partial charge in [0, 0.05) is 0 Å². The van der Waals surface area contributed by atoms with Crippen LogP contribution < -0.4 is 79.3 Å². The number of aliphatic carboxylic acids is 2. The molecule has 0 fully saturated rings. The van der Waals surface area contributed by atoms with Gasteiger partial charge in [0.2, 0.25) is 0 Å². The Morgan fingerprint density at radius 2 is 1.09 bits per heavy atom. The zero-order valence-corrected chi connectivity index (χ0v) is 16.0. The standard InChI is InChI=1S/C10H10N4O6.2Na/c15-9(16)5-13(11-19)7-1-2-8(4-3-7)14(12-20)6-10(17)18;;/h1-4H,5-6H2,(H,15,16)(H,17,18);;/q;2*+1/p-2. The minimum absolute atomic E-state index is 0. The van der Waals surface area contributed by atoms with E-state index in [1.807, 2.05) is 0 Å². The van der Waals surface area contributed by atoms with Gasteiger partial charge in [-0.05, 0) is 24.3 Å². The molecule has 1 rings (SSSR count). The van der Waals surface area contributed by atoms with Crippen molar-refractivity contribution in [3.05, 3.63) is 34.1 Å². The minimum Gasteiger partial charge on any atom is -0.548 e. The second-order valence-corrected chi connectivity index (χ2v) is 3.54. The van der Waals surface area contributed by atoms with Crippen molar-refractivity contribution in [3.8, 4) is 0 Å². The average Bonchev–Trinajstić information content (AvgIpc) is 2.42. The SMILES string of the molecule is O=NN(CC(=O)[O-])c1ccc(N(CC(=O)[O-])N=O)cc1.[Na+].[Na+]. The third-order valence-electron chi connectivity index (χ3n) is 2.20. The van der Waals surface area contributed by atoms with Crippen molar-refractivity contribution in [2.45, 2.75) is 0 Å². The number of benzene rings is 1. The monoisotopic (exact) mass is 326 g/mol. The Bertz CT molecular complexity index is 480. The molecule has 0 aliphatic carbocycles. The van der Waals surface area contributed by atoms with Crippen molar-refractivity contribution in [2.24, 2.45) is 10.6 Å². The first-order valence-electron chi connectivity index (χ1n) is 5.19. The predicted octanol–water partition coefficient (Wildman–Crippen LogP) is -7.83. The molecule has 0 spiro atoms. The molecular weight excluding hydrogens is 318 g/mol. The molecular formula is C10H8N4Na2O6. The topological polar surface area (TPSA) is 146 Å². The van der Waals surface area contributed by atoms with E-state index in [1.165, 1.54) is 24.3 Å². The molecule has 0 N–H and O–H groups in total. The van der Waals surface area contributed by atoms with Gasteiger partial charge in [0.05, 0.1) is 47.0 Å². The van der Waals surface area contributed by atoms with Crippen LogP contribution in [0.4, 0.5) is 11.4 Å². The number of carbonyl (C=O) groups is 2. The maximum absolute atomic E-state index is 10.5. The molecule has 0 unspecified atom stereocenters. The quantitative estimate of drug-likeness (QED) is 0.260. The molecule has 12 heteroatoms. The van der Waals surface area contributed by atoms with Crippen LogP contribution in [0.1, 0.15) is 0 Å². The fourth-order valence-electron chi connectivity index (χ4n) is 1.38. The van der Waals surface area contributed by atoms with Crippen LogP contribution in [-0.2, 0) is 9.59 Å². The summed E-state index contributed by atoms with van der Waals surface area (Å²) in [5.74, 6) is -3.00. The largest absolute Gasteiger partial charge is 1.00 e. The average molecular weight is 326 g/mol. The predicted molar refractivity (Wildman–Crippen MR) is 62.7 cm³/mol. The van der Waals surface area contributed by atoms with Crippen LogP contribution in [0.25, 0.3) is 0 Å². The van der Waals surface area contributed by atoms with Crippen molar-refractivity contribution >= 4 is 23.3 Å². The fraction of sp³-hybridized carbons (Fsp3) is 0.200. The Labute approximate surface area is 168 Å². The number of carboxylic acids is 2. The summed E-state index contributed by atoms with van der Waals surface area (Å²) in [6, 6.07) is 5.08. The second kappa shape index (κ2) is 11.5. The zero-order chi connectivity index (χ0) is 15.1. The number of rotatable bonds is 8. The van der Waals surface area contributed by atoms with Crippen LogP contribution in [0.15, 0.2) is 34.8 Å². The van der Waals surface area contributed by atoms with Crippen LogP contribution in [0.3, 0.4) is 0 Å². The zero-order valence-electron chi connectivity index (χ0n) is 12.0. The van der Waals surface area contributed by atoms with Gasteiger partial charge >= 0.3 is 59.1 Å². The molecule has 0 atom stereocenters. The molecule has 0 aliphatic rings. The van der Waals surface area contributed by atoms with Gasteiger partial charge in [-0.1, -0.05) is 0 Å². The third-order valence-corrected chi connectivity index (χ3v) is 2.20. The van der Waals surface area contributed by atoms with E-state index in [0.717, 1.165) is 0 Å². The number of anilines is 2. The molecule has 106 valence electrons. The molecule has 0 heterocycles. The smallest absolute Gasteiger partial charge is 0.548 e. The van der Waals surface area contributed by atoms with Gasteiger partial charge in [-0.25, -0.2) is 10.0 Å². The van der Waals surface area contributed by atoms with Crippen LogP contribution >= 0.6 is 0 Å². The maximum atomic E-state index is 10.5. The second-order valence-electron chi connectivity index (χ2n) is 3.54. The molecule has 1 aromatic rings. The van der Waals surface area contributed by atoms with E-state index in [4.69, 9.17) is 0 Å². The summed E-state index contributed by atoms with van der Waals surface area (Å²) < 4.78 is 0. The van der Waals surface area contributed by atoms with Crippen molar-refractivity contribution in [2.75, 3.05) is 23.1 Å². The molecule has 1 aromatic carbocycles. The molecule has 22 heavy (non-hydrogen) atoms. The Hall–Kier alpha value is -1.04. The number of hydrogen-bond donors (Lipinski definition) is 0. The van der Waals surface area contributed by atoms with E-state index >= 15 is 0 Å². The van der Waals surface area contributed by atoms with Crippen molar-refractivity contribution < 1.29 is 78.9 Å². The van der Waals surface area contributed by atoms with Gasteiger partial charge in [0.15, 0.2) is 0 Å². The summed E-state index contributed by atoms with van der Waals surface area (Å²) in [4.78, 5) is 41.8. The molecule has 0 saturated carbocycles.